The second kappa shape index (κ2) is 5.35. The van der Waals surface area contributed by atoms with Crippen molar-refractivity contribution < 1.29 is 10.2 Å². The number of hydrogen-bond donors (Lipinski definition) is 3. The Kier molecular flexibility index (Phi) is 3.27. The first kappa shape index (κ1) is 15.9. The molecule has 0 amide bonds. The molecule has 4 heteroatoms. The maximum atomic E-state index is 11.9. The Bertz CT molecular complexity index is 995. The van der Waals surface area contributed by atoms with E-state index in [1.807, 2.05) is 18.2 Å². The number of fused-ring (bicyclic) bond motifs is 4. The van der Waals surface area contributed by atoms with Gasteiger partial charge in [-0.1, -0.05) is 30.3 Å². The van der Waals surface area contributed by atoms with Crippen molar-refractivity contribution in [1.82, 2.24) is 9.88 Å². The lowest BCUT2D eigenvalue weighted by Gasteiger charge is -2.55. The molecule has 1 aliphatic heterocycles. The molecule has 1 aromatic heterocycles. The van der Waals surface area contributed by atoms with Crippen molar-refractivity contribution in [2.75, 3.05) is 20.1 Å². The van der Waals surface area contributed by atoms with E-state index < -0.39 is 5.60 Å². The van der Waals surface area contributed by atoms with Crippen molar-refractivity contribution in [3.63, 3.8) is 0 Å². The number of likely N-dealkylation sites (N-methyl/N-ethyl adjacent to an activating group) is 1. The van der Waals surface area contributed by atoms with Crippen molar-refractivity contribution in [3.8, 4) is 5.75 Å². The molecule has 3 N–H and O–H groups in total. The number of nitrogens with zero attached hydrogens (tertiary/aromatic N) is 1. The number of aromatic hydroxyl groups is 1. The number of phenols is 1. The predicted molar refractivity (Wildman–Crippen MR) is 103 cm³/mol. The minimum Gasteiger partial charge on any atom is -0.508 e. The number of rotatable bonds is 1. The van der Waals surface area contributed by atoms with Gasteiger partial charge in [-0.3, -0.25) is 0 Å². The van der Waals surface area contributed by atoms with Crippen LogP contribution in [0.25, 0.3) is 10.9 Å². The number of nitrogens with one attached hydrogen (secondary N) is 1. The van der Waals surface area contributed by atoms with E-state index in [9.17, 15) is 10.2 Å². The molecule has 1 fully saturated rings. The lowest BCUT2D eigenvalue weighted by molar-refractivity contribution is -0.0972. The number of phenolic OH excluding ortho intramolecular Hbond substituents is 1. The third kappa shape index (κ3) is 2.09. The van der Waals surface area contributed by atoms with Crippen LogP contribution in [0.15, 0.2) is 48.5 Å². The topological polar surface area (TPSA) is 59.5 Å². The van der Waals surface area contributed by atoms with Gasteiger partial charge in [0, 0.05) is 41.4 Å². The third-order valence-electron chi connectivity index (χ3n) is 6.59. The summed E-state index contributed by atoms with van der Waals surface area (Å²) in [5, 5.41) is 23.2. The van der Waals surface area contributed by atoms with Crippen molar-refractivity contribution in [2.24, 2.45) is 0 Å². The van der Waals surface area contributed by atoms with Gasteiger partial charge in [-0.25, -0.2) is 0 Å². The molecule has 134 valence electrons. The molecule has 2 atom stereocenters. The first-order chi connectivity index (χ1) is 12.5. The first-order valence-electron chi connectivity index (χ1n) is 9.30. The summed E-state index contributed by atoms with van der Waals surface area (Å²) >= 11 is 0. The van der Waals surface area contributed by atoms with Gasteiger partial charge in [-0.2, -0.15) is 0 Å². The molecule has 0 saturated carbocycles. The van der Waals surface area contributed by atoms with Gasteiger partial charge in [0.2, 0.25) is 0 Å². The molecule has 0 bridgehead atoms. The van der Waals surface area contributed by atoms with Crippen molar-refractivity contribution in [3.05, 3.63) is 65.4 Å². The average molecular weight is 348 g/mol. The number of aliphatic hydroxyl groups is 1. The van der Waals surface area contributed by atoms with Crippen molar-refractivity contribution in [1.29, 1.82) is 0 Å². The van der Waals surface area contributed by atoms with Gasteiger partial charge in [-0.05, 0) is 49.3 Å². The zero-order valence-electron chi connectivity index (χ0n) is 15.0. The number of H-pyrrole nitrogens is 1. The van der Waals surface area contributed by atoms with Gasteiger partial charge in [0.15, 0.2) is 0 Å². The molecule has 5 rings (SSSR count). The SMILES string of the molecule is CN1CCC2(c3cccc(O)c3)Cc3[nH]c4ccccc4c3CC2(O)C1. The van der Waals surface area contributed by atoms with Crippen LogP contribution in [-0.4, -0.2) is 45.8 Å². The molecular weight excluding hydrogens is 324 g/mol. The minimum atomic E-state index is -0.855. The van der Waals surface area contributed by atoms with Crippen LogP contribution in [0, 0.1) is 0 Å². The van der Waals surface area contributed by atoms with E-state index in [1.165, 1.54) is 16.6 Å². The van der Waals surface area contributed by atoms with Crippen LogP contribution in [0.5, 0.6) is 5.75 Å². The lowest BCUT2D eigenvalue weighted by atomic mass is 9.56. The minimum absolute atomic E-state index is 0.264. The second-order valence-electron chi connectivity index (χ2n) is 8.13. The molecule has 2 heterocycles. The average Bonchev–Trinajstić information content (AvgIpc) is 2.96. The largest absolute Gasteiger partial charge is 0.508 e. The fourth-order valence-corrected chi connectivity index (χ4v) is 5.29. The third-order valence-corrected chi connectivity index (χ3v) is 6.59. The standard InChI is InChI=1S/C22H24N2O2/c1-24-10-9-21(15-5-4-6-16(25)11-15)13-20-18(12-22(21,26)14-24)17-7-2-3-8-19(17)23-20/h2-8,11,23,25-26H,9-10,12-14H2,1H3. The van der Waals surface area contributed by atoms with Gasteiger partial charge in [-0.15, -0.1) is 0 Å². The van der Waals surface area contributed by atoms with E-state index >= 15 is 0 Å². The first-order valence-corrected chi connectivity index (χ1v) is 9.30. The number of piperidine rings is 1. The number of hydrogen-bond acceptors (Lipinski definition) is 3. The van der Waals surface area contributed by atoms with Gasteiger partial charge in [0.25, 0.3) is 0 Å². The van der Waals surface area contributed by atoms with E-state index in [-0.39, 0.29) is 11.2 Å². The summed E-state index contributed by atoms with van der Waals surface area (Å²) in [5.41, 5.74) is 3.41. The molecule has 0 radical (unpaired) electrons. The van der Waals surface area contributed by atoms with E-state index in [0.717, 1.165) is 30.5 Å². The number of aromatic nitrogens is 1. The summed E-state index contributed by atoms with van der Waals surface area (Å²) < 4.78 is 0. The van der Waals surface area contributed by atoms with E-state index in [1.54, 1.807) is 6.07 Å². The second-order valence-corrected chi connectivity index (χ2v) is 8.13. The van der Waals surface area contributed by atoms with Gasteiger partial charge < -0.3 is 20.1 Å². The molecule has 0 spiro atoms. The zero-order chi connectivity index (χ0) is 17.9. The molecule has 2 unspecified atom stereocenters. The lowest BCUT2D eigenvalue weighted by Crippen LogP contribution is -2.65. The molecule has 26 heavy (non-hydrogen) atoms. The molecule has 3 aromatic rings. The molecule has 1 aliphatic carbocycles. The number of aromatic amines is 1. The summed E-state index contributed by atoms with van der Waals surface area (Å²) in [7, 11) is 2.08. The van der Waals surface area contributed by atoms with Crippen LogP contribution in [0.1, 0.15) is 23.2 Å². The summed E-state index contributed by atoms with van der Waals surface area (Å²) in [6.45, 7) is 1.58. The highest BCUT2D eigenvalue weighted by Gasteiger charge is 2.57. The summed E-state index contributed by atoms with van der Waals surface area (Å²) in [5.74, 6) is 0.264. The van der Waals surface area contributed by atoms with E-state index in [4.69, 9.17) is 0 Å². The Labute approximate surface area is 153 Å². The Balaban J connectivity index is 1.74. The fourth-order valence-electron chi connectivity index (χ4n) is 5.29. The molecule has 1 saturated heterocycles. The molecule has 4 nitrogen and oxygen atoms in total. The summed E-state index contributed by atoms with van der Waals surface area (Å²) in [6.07, 6.45) is 2.27. The number of likely N-dealkylation sites (tertiary alicyclic amines) is 1. The predicted octanol–water partition coefficient (Wildman–Crippen LogP) is 2.98. The van der Waals surface area contributed by atoms with Crippen LogP contribution in [0.2, 0.25) is 0 Å². The Morgan fingerprint density at radius 1 is 1.08 bits per heavy atom. The van der Waals surface area contributed by atoms with Crippen molar-refractivity contribution >= 4 is 10.9 Å². The van der Waals surface area contributed by atoms with E-state index in [2.05, 4.69) is 41.2 Å². The van der Waals surface area contributed by atoms with E-state index in [0.29, 0.717) is 13.0 Å². The molecular formula is C22H24N2O2. The smallest absolute Gasteiger partial charge is 0.115 e. The Morgan fingerprint density at radius 2 is 1.92 bits per heavy atom. The fraction of sp³-hybridized carbons (Fsp3) is 0.364. The van der Waals surface area contributed by atoms with Gasteiger partial charge in [0.1, 0.15) is 5.75 Å². The van der Waals surface area contributed by atoms with Crippen LogP contribution in [0.3, 0.4) is 0 Å². The number of β-amino-alcohol motifs (C(OH)–C–C–N with tert-alkyl or cyclic N) is 1. The molecule has 2 aromatic carbocycles. The summed E-state index contributed by atoms with van der Waals surface area (Å²) in [4.78, 5) is 5.82. The normalized spacial score (nSPS) is 28.7. The highest BCUT2D eigenvalue weighted by molar-refractivity contribution is 5.85. The van der Waals surface area contributed by atoms with Crippen LogP contribution >= 0.6 is 0 Å². The van der Waals surface area contributed by atoms with Crippen LogP contribution < -0.4 is 0 Å². The number of para-hydroxylation sites is 1. The summed E-state index contributed by atoms with van der Waals surface area (Å²) in [6, 6.07) is 15.8. The maximum Gasteiger partial charge on any atom is 0.115 e. The number of benzene rings is 2. The van der Waals surface area contributed by atoms with Crippen LogP contribution in [-0.2, 0) is 18.3 Å². The molecule has 2 aliphatic rings. The van der Waals surface area contributed by atoms with Gasteiger partial charge in [0.05, 0.1) is 5.60 Å². The quantitative estimate of drug-likeness (QED) is 0.634. The van der Waals surface area contributed by atoms with Gasteiger partial charge >= 0.3 is 0 Å². The Hall–Kier alpha value is -2.30. The van der Waals surface area contributed by atoms with Crippen molar-refractivity contribution in [2.45, 2.75) is 30.3 Å². The van der Waals surface area contributed by atoms with Crippen LogP contribution in [0.4, 0.5) is 0 Å². The monoisotopic (exact) mass is 348 g/mol. The highest BCUT2D eigenvalue weighted by Crippen LogP contribution is 2.51. The zero-order valence-corrected chi connectivity index (χ0v) is 15.0. The highest BCUT2D eigenvalue weighted by atomic mass is 16.3. The Morgan fingerprint density at radius 3 is 2.77 bits per heavy atom. The maximum absolute atomic E-state index is 11.9.